The third-order valence-electron chi connectivity index (χ3n) is 9.39. The molecule has 1 N–H and O–H groups in total. The van der Waals surface area contributed by atoms with E-state index in [1.807, 2.05) is 0 Å². The topological polar surface area (TPSA) is 32.3 Å². The largest absolute Gasteiger partial charge is 0.355 e. The summed E-state index contributed by atoms with van der Waals surface area (Å²) in [5.74, 6) is 0.845. The molecule has 1 saturated heterocycles. The van der Waals surface area contributed by atoms with E-state index in [1.54, 1.807) is 0 Å². The van der Waals surface area contributed by atoms with E-state index in [0.29, 0.717) is 18.9 Å². The van der Waals surface area contributed by atoms with Crippen LogP contribution in [0, 0.1) is 0 Å². The number of benzene rings is 4. The maximum absolute atomic E-state index is 13.1. The molecule has 5 rings (SSSR count). The van der Waals surface area contributed by atoms with Crippen LogP contribution in [0.2, 0.25) is 0 Å². The number of carbonyl (C=O) groups excluding carboxylic acids is 1. The smallest absolute Gasteiger partial charge is 0.220 e. The van der Waals surface area contributed by atoms with Crippen LogP contribution < -0.4 is 5.32 Å². The Balaban J connectivity index is 1.18. The number of amides is 1. The van der Waals surface area contributed by atoms with Crippen molar-refractivity contribution in [2.45, 2.75) is 69.1 Å². The number of piperidine rings is 1. The van der Waals surface area contributed by atoms with Crippen molar-refractivity contribution in [3.05, 3.63) is 144 Å². The molecule has 224 valence electrons. The summed E-state index contributed by atoms with van der Waals surface area (Å²) in [4.78, 5) is 15.8. The molecule has 3 nitrogen and oxygen atoms in total. The predicted octanol–water partition coefficient (Wildman–Crippen LogP) is 8.55. The molecule has 0 saturated carbocycles. The van der Waals surface area contributed by atoms with E-state index in [9.17, 15) is 4.79 Å². The van der Waals surface area contributed by atoms with Gasteiger partial charge in [0.25, 0.3) is 0 Å². The predicted molar refractivity (Wildman–Crippen MR) is 179 cm³/mol. The minimum Gasteiger partial charge on any atom is -0.355 e. The Morgan fingerprint density at radius 1 is 0.674 bits per heavy atom. The normalized spacial score (nSPS) is 14.4. The van der Waals surface area contributed by atoms with Gasteiger partial charge in [0.15, 0.2) is 0 Å². The quantitative estimate of drug-likeness (QED) is 0.145. The second-order valence-electron chi connectivity index (χ2n) is 12.3. The molecular weight excluding hydrogens is 524 g/mol. The zero-order valence-corrected chi connectivity index (χ0v) is 25.7. The Morgan fingerprint density at radius 3 is 1.84 bits per heavy atom. The molecule has 1 fully saturated rings. The summed E-state index contributed by atoms with van der Waals surface area (Å²) >= 11 is 0. The van der Waals surface area contributed by atoms with Gasteiger partial charge in [0.05, 0.1) is 0 Å². The highest BCUT2D eigenvalue weighted by Gasteiger charge is 2.34. The second kappa shape index (κ2) is 16.2. The molecule has 0 bridgehead atoms. The molecule has 0 spiro atoms. The van der Waals surface area contributed by atoms with Crippen molar-refractivity contribution in [1.82, 2.24) is 10.2 Å². The highest BCUT2D eigenvalue weighted by atomic mass is 16.1. The summed E-state index contributed by atoms with van der Waals surface area (Å²) in [7, 11) is 0. The summed E-state index contributed by atoms with van der Waals surface area (Å²) in [5, 5.41) is 3.39. The molecule has 0 radical (unpaired) electrons. The van der Waals surface area contributed by atoms with Gasteiger partial charge in [-0.3, -0.25) is 4.79 Å². The van der Waals surface area contributed by atoms with E-state index >= 15 is 0 Å². The highest BCUT2D eigenvalue weighted by molar-refractivity contribution is 5.76. The van der Waals surface area contributed by atoms with Gasteiger partial charge in [-0.2, -0.15) is 0 Å². The Kier molecular flexibility index (Phi) is 11.6. The van der Waals surface area contributed by atoms with Crippen molar-refractivity contribution in [3.63, 3.8) is 0 Å². The minimum absolute atomic E-state index is 0.166. The van der Waals surface area contributed by atoms with Gasteiger partial charge in [-0.1, -0.05) is 128 Å². The maximum Gasteiger partial charge on any atom is 0.220 e. The first-order valence-corrected chi connectivity index (χ1v) is 16.4. The molecule has 0 unspecified atom stereocenters. The number of nitrogens with zero attached hydrogens (tertiary/aromatic N) is 1. The van der Waals surface area contributed by atoms with Gasteiger partial charge in [-0.25, -0.2) is 0 Å². The molecule has 1 aliphatic rings. The first kappa shape index (κ1) is 30.8. The molecule has 1 heterocycles. The van der Waals surface area contributed by atoms with Crippen molar-refractivity contribution < 1.29 is 4.79 Å². The van der Waals surface area contributed by atoms with E-state index in [-0.39, 0.29) is 11.3 Å². The van der Waals surface area contributed by atoms with Crippen molar-refractivity contribution in [3.8, 4) is 0 Å². The number of aryl methyl sites for hydroxylation is 1. The molecule has 0 atom stereocenters. The fraction of sp³-hybridized carbons (Fsp3) is 0.375. The van der Waals surface area contributed by atoms with Gasteiger partial charge >= 0.3 is 0 Å². The number of nitrogens with one attached hydrogen (secondary N) is 1. The van der Waals surface area contributed by atoms with E-state index in [2.05, 4.69) is 132 Å². The van der Waals surface area contributed by atoms with E-state index in [0.717, 1.165) is 58.2 Å². The van der Waals surface area contributed by atoms with E-state index in [4.69, 9.17) is 0 Å². The summed E-state index contributed by atoms with van der Waals surface area (Å²) in [6.45, 7) is 4.03. The third-order valence-corrected chi connectivity index (χ3v) is 9.39. The average molecular weight is 573 g/mol. The molecule has 4 aromatic rings. The van der Waals surface area contributed by atoms with Crippen LogP contribution in [0.5, 0.6) is 0 Å². The second-order valence-corrected chi connectivity index (χ2v) is 12.3. The lowest BCUT2D eigenvalue weighted by atomic mass is 9.71. The minimum atomic E-state index is -0.256. The number of hydrogen-bond acceptors (Lipinski definition) is 2. The summed E-state index contributed by atoms with van der Waals surface area (Å²) < 4.78 is 0. The molecule has 1 aliphatic heterocycles. The standard InChI is InChI=1S/C40H48N2O/c43-39(26-15-2-8-19-34-17-6-1-7-18-34)41-33-40(37-22-11-4-12-23-37,38-24-13-5-14-25-38)29-16-30-42-31-27-36(28-32-42)35-20-9-3-10-21-35/h1,3-7,9-14,17-18,20-25,36H,2,8,15-16,19,26-33H2,(H,41,43). The van der Waals surface area contributed by atoms with Crippen LogP contribution in [0.15, 0.2) is 121 Å². The molecule has 0 aromatic heterocycles. The van der Waals surface area contributed by atoms with Gasteiger partial charge in [-0.15, -0.1) is 0 Å². The Labute approximate surface area is 259 Å². The van der Waals surface area contributed by atoms with Crippen LogP contribution in [0.4, 0.5) is 0 Å². The first-order chi connectivity index (χ1) is 21.2. The van der Waals surface area contributed by atoms with Crippen molar-refractivity contribution in [2.24, 2.45) is 0 Å². The SMILES string of the molecule is O=C(CCCCCc1ccccc1)NCC(CCCN1CCC(c2ccccc2)CC1)(c1ccccc1)c1ccccc1. The molecule has 0 aliphatic carbocycles. The zero-order chi connectivity index (χ0) is 29.6. The number of likely N-dealkylation sites (tertiary alicyclic amines) is 1. The van der Waals surface area contributed by atoms with Gasteiger partial charge < -0.3 is 10.2 Å². The van der Waals surface area contributed by atoms with Gasteiger partial charge in [0, 0.05) is 18.4 Å². The molecule has 43 heavy (non-hydrogen) atoms. The van der Waals surface area contributed by atoms with Crippen molar-refractivity contribution in [1.29, 1.82) is 0 Å². The lowest BCUT2D eigenvalue weighted by Crippen LogP contribution is -2.42. The molecule has 4 aromatic carbocycles. The fourth-order valence-corrected chi connectivity index (χ4v) is 6.86. The number of rotatable bonds is 15. The monoisotopic (exact) mass is 572 g/mol. The Hall–Kier alpha value is -3.69. The first-order valence-electron chi connectivity index (χ1n) is 16.4. The third kappa shape index (κ3) is 8.91. The van der Waals surface area contributed by atoms with Crippen LogP contribution >= 0.6 is 0 Å². The van der Waals surface area contributed by atoms with Crippen LogP contribution in [-0.4, -0.2) is 37.0 Å². The van der Waals surface area contributed by atoms with E-state index < -0.39 is 0 Å². The molecular formula is C40H48N2O. The highest BCUT2D eigenvalue weighted by Crippen LogP contribution is 2.37. The van der Waals surface area contributed by atoms with Gasteiger partial charge in [-0.05, 0) is 92.8 Å². The fourth-order valence-electron chi connectivity index (χ4n) is 6.86. The molecule has 1 amide bonds. The average Bonchev–Trinajstić information content (AvgIpc) is 3.08. The van der Waals surface area contributed by atoms with Gasteiger partial charge in [0.2, 0.25) is 5.91 Å². The summed E-state index contributed by atoms with van der Waals surface area (Å²) in [5.41, 5.74) is 5.18. The van der Waals surface area contributed by atoms with Crippen LogP contribution in [0.1, 0.15) is 79.5 Å². The van der Waals surface area contributed by atoms with Crippen LogP contribution in [0.25, 0.3) is 0 Å². The Morgan fingerprint density at radius 2 is 1.23 bits per heavy atom. The van der Waals surface area contributed by atoms with Crippen LogP contribution in [-0.2, 0) is 16.6 Å². The number of carbonyl (C=O) groups is 1. The number of unbranched alkanes of at least 4 members (excludes halogenated alkanes) is 2. The van der Waals surface area contributed by atoms with Gasteiger partial charge in [0.1, 0.15) is 0 Å². The molecule has 3 heteroatoms. The maximum atomic E-state index is 13.1. The summed E-state index contributed by atoms with van der Waals surface area (Å²) in [6.07, 6.45) is 9.35. The zero-order valence-electron chi connectivity index (χ0n) is 25.7. The van der Waals surface area contributed by atoms with Crippen LogP contribution in [0.3, 0.4) is 0 Å². The summed E-state index contributed by atoms with van der Waals surface area (Å²) in [6, 6.07) is 43.3. The lowest BCUT2D eigenvalue weighted by Gasteiger charge is -2.37. The van der Waals surface area contributed by atoms with E-state index in [1.165, 1.54) is 35.1 Å². The van der Waals surface area contributed by atoms with Crippen molar-refractivity contribution in [2.75, 3.05) is 26.2 Å². The number of hydrogen-bond donors (Lipinski definition) is 1. The Bertz CT molecular complexity index is 1290. The van der Waals surface area contributed by atoms with Crippen molar-refractivity contribution >= 4 is 5.91 Å². The lowest BCUT2D eigenvalue weighted by molar-refractivity contribution is -0.121.